The molecular formula is C61H112N2O6P+. The van der Waals surface area contributed by atoms with Crippen LogP contribution in [0.2, 0.25) is 0 Å². The molecule has 3 atom stereocenters. The Balaban J connectivity index is 4.12. The molecule has 9 heteroatoms. The van der Waals surface area contributed by atoms with E-state index in [1.165, 1.54) is 135 Å². The van der Waals surface area contributed by atoms with Gasteiger partial charge in [0.2, 0.25) is 5.91 Å². The molecular weight excluding hydrogens is 888 g/mol. The first kappa shape index (κ1) is 67.7. The SMILES string of the molecule is CC/C=C\C/C=C\C/C=C\C/C=C\C/C=C\C/C=C\C/C=C\CCCCCCCCCCCCCC(=O)NC(COP(=O)(O)OCC[N+](C)(C)C)C(O)CCCCCCCCCCCCCCCCC. The predicted molar refractivity (Wildman–Crippen MR) is 304 cm³/mol. The summed E-state index contributed by atoms with van der Waals surface area (Å²) in [6.07, 6.45) is 72.1. The monoisotopic (exact) mass is 1000 g/mol. The third-order valence-electron chi connectivity index (χ3n) is 12.7. The van der Waals surface area contributed by atoms with Gasteiger partial charge in [0.25, 0.3) is 0 Å². The zero-order valence-corrected chi connectivity index (χ0v) is 47.1. The molecule has 0 radical (unpaired) electrons. The molecule has 0 bridgehead atoms. The van der Waals surface area contributed by atoms with Gasteiger partial charge in [-0.3, -0.25) is 13.8 Å². The van der Waals surface area contributed by atoms with Crippen molar-refractivity contribution in [1.29, 1.82) is 0 Å². The summed E-state index contributed by atoms with van der Waals surface area (Å²) >= 11 is 0. The lowest BCUT2D eigenvalue weighted by molar-refractivity contribution is -0.870. The average Bonchev–Trinajstić information content (AvgIpc) is 3.32. The first-order chi connectivity index (χ1) is 34.0. The van der Waals surface area contributed by atoms with Gasteiger partial charge in [0.15, 0.2) is 0 Å². The number of carbonyl (C=O) groups excluding carboxylic acids is 1. The average molecular weight is 1000 g/mol. The van der Waals surface area contributed by atoms with E-state index in [0.29, 0.717) is 23.9 Å². The lowest BCUT2D eigenvalue weighted by Crippen LogP contribution is -2.46. The van der Waals surface area contributed by atoms with Crippen LogP contribution in [-0.4, -0.2) is 73.4 Å². The number of phosphoric acid groups is 1. The highest BCUT2D eigenvalue weighted by atomic mass is 31.2. The number of unbranched alkanes of at least 4 members (excludes halogenated alkanes) is 25. The molecule has 0 saturated carbocycles. The highest BCUT2D eigenvalue weighted by Crippen LogP contribution is 2.43. The number of amides is 1. The van der Waals surface area contributed by atoms with E-state index in [2.05, 4.69) is 104 Å². The Hall–Kier alpha value is -2.32. The molecule has 0 saturated heterocycles. The minimum absolute atomic E-state index is 0.0712. The third kappa shape index (κ3) is 53.5. The Morgan fingerprint density at radius 1 is 0.500 bits per heavy atom. The zero-order chi connectivity index (χ0) is 51.3. The highest BCUT2D eigenvalue weighted by molar-refractivity contribution is 7.47. The summed E-state index contributed by atoms with van der Waals surface area (Å²) in [6.45, 7) is 4.78. The first-order valence-electron chi connectivity index (χ1n) is 29.0. The number of aliphatic hydroxyl groups excluding tert-OH is 1. The van der Waals surface area contributed by atoms with Crippen LogP contribution in [0.4, 0.5) is 0 Å². The summed E-state index contributed by atoms with van der Waals surface area (Å²) in [6, 6.07) is -0.767. The summed E-state index contributed by atoms with van der Waals surface area (Å²) in [5.41, 5.74) is 0. The summed E-state index contributed by atoms with van der Waals surface area (Å²) in [7, 11) is 1.61. The first-order valence-corrected chi connectivity index (χ1v) is 30.4. The van der Waals surface area contributed by atoms with Gasteiger partial charge >= 0.3 is 7.82 Å². The molecule has 0 aromatic heterocycles. The number of phosphoric ester groups is 1. The van der Waals surface area contributed by atoms with Crippen LogP contribution >= 0.6 is 7.82 Å². The van der Waals surface area contributed by atoms with E-state index in [0.717, 1.165) is 83.5 Å². The largest absolute Gasteiger partial charge is 0.472 e. The quantitative estimate of drug-likeness (QED) is 0.0243. The smallest absolute Gasteiger partial charge is 0.391 e. The molecule has 0 aliphatic heterocycles. The Morgan fingerprint density at radius 2 is 0.857 bits per heavy atom. The van der Waals surface area contributed by atoms with Crippen LogP contribution in [0.5, 0.6) is 0 Å². The van der Waals surface area contributed by atoms with Crippen molar-refractivity contribution in [2.45, 2.75) is 257 Å². The molecule has 0 aromatic rings. The number of carbonyl (C=O) groups is 1. The summed E-state index contributed by atoms with van der Waals surface area (Å²) in [5.74, 6) is -0.150. The van der Waals surface area contributed by atoms with Crippen LogP contribution in [0.3, 0.4) is 0 Å². The number of nitrogens with one attached hydrogen (secondary N) is 1. The van der Waals surface area contributed by atoms with Gasteiger partial charge in [-0.1, -0.05) is 253 Å². The number of hydrogen-bond acceptors (Lipinski definition) is 5. The van der Waals surface area contributed by atoms with Gasteiger partial charge in [-0.05, 0) is 70.6 Å². The van der Waals surface area contributed by atoms with Crippen LogP contribution in [0.25, 0.3) is 0 Å². The Bertz CT molecular complexity index is 1410. The van der Waals surface area contributed by atoms with Gasteiger partial charge in [-0.25, -0.2) is 4.57 Å². The molecule has 1 amide bonds. The van der Waals surface area contributed by atoms with Crippen molar-refractivity contribution in [3.63, 3.8) is 0 Å². The normalized spacial score (nSPS) is 14.6. The number of quaternary nitrogens is 1. The Kier molecular flexibility index (Phi) is 49.9. The molecule has 0 fully saturated rings. The second kappa shape index (κ2) is 51.6. The zero-order valence-electron chi connectivity index (χ0n) is 46.2. The maximum atomic E-state index is 13.0. The molecule has 3 unspecified atom stereocenters. The van der Waals surface area contributed by atoms with Crippen molar-refractivity contribution in [2.24, 2.45) is 0 Å². The molecule has 0 aromatic carbocycles. The lowest BCUT2D eigenvalue weighted by Gasteiger charge is -2.26. The van der Waals surface area contributed by atoms with Crippen LogP contribution < -0.4 is 5.32 Å². The van der Waals surface area contributed by atoms with Gasteiger partial charge in [-0.2, -0.15) is 0 Å². The van der Waals surface area contributed by atoms with Crippen LogP contribution in [0, 0.1) is 0 Å². The molecule has 0 rings (SSSR count). The minimum Gasteiger partial charge on any atom is -0.391 e. The van der Waals surface area contributed by atoms with Crippen molar-refractivity contribution in [3.05, 3.63) is 85.1 Å². The summed E-state index contributed by atoms with van der Waals surface area (Å²) in [4.78, 5) is 23.3. The fraction of sp³-hybridized carbons (Fsp3) is 0.754. The van der Waals surface area contributed by atoms with E-state index in [-0.39, 0.29) is 19.1 Å². The minimum atomic E-state index is -4.33. The van der Waals surface area contributed by atoms with Crippen LogP contribution in [0.15, 0.2) is 85.1 Å². The number of nitrogens with zero attached hydrogens (tertiary/aromatic N) is 1. The molecule has 0 heterocycles. The highest BCUT2D eigenvalue weighted by Gasteiger charge is 2.28. The number of allylic oxidation sites excluding steroid dienone is 14. The van der Waals surface area contributed by atoms with E-state index in [9.17, 15) is 19.4 Å². The molecule has 406 valence electrons. The Labute approximate surface area is 433 Å². The van der Waals surface area contributed by atoms with Gasteiger partial charge in [0.1, 0.15) is 13.2 Å². The number of hydrogen-bond donors (Lipinski definition) is 3. The third-order valence-corrected chi connectivity index (χ3v) is 13.6. The second-order valence-electron chi connectivity index (χ2n) is 20.6. The topological polar surface area (TPSA) is 105 Å². The molecule has 8 nitrogen and oxygen atoms in total. The van der Waals surface area contributed by atoms with Crippen molar-refractivity contribution in [1.82, 2.24) is 5.32 Å². The fourth-order valence-corrected chi connectivity index (χ4v) is 8.88. The van der Waals surface area contributed by atoms with E-state index >= 15 is 0 Å². The van der Waals surface area contributed by atoms with Gasteiger partial charge < -0.3 is 19.8 Å². The summed E-state index contributed by atoms with van der Waals surface area (Å²) < 4.78 is 23.8. The van der Waals surface area contributed by atoms with Gasteiger partial charge in [-0.15, -0.1) is 0 Å². The molecule has 0 spiro atoms. The van der Waals surface area contributed by atoms with E-state index in [4.69, 9.17) is 9.05 Å². The van der Waals surface area contributed by atoms with Gasteiger partial charge in [0.05, 0.1) is 39.9 Å². The maximum Gasteiger partial charge on any atom is 0.472 e. The fourth-order valence-electron chi connectivity index (χ4n) is 8.15. The number of likely N-dealkylation sites (N-methyl/N-ethyl adjacent to an activating group) is 1. The van der Waals surface area contributed by atoms with E-state index in [1.54, 1.807) is 0 Å². The van der Waals surface area contributed by atoms with Crippen molar-refractivity contribution in [3.8, 4) is 0 Å². The van der Waals surface area contributed by atoms with E-state index < -0.39 is 20.0 Å². The molecule has 3 N–H and O–H groups in total. The van der Waals surface area contributed by atoms with E-state index in [1.807, 2.05) is 21.1 Å². The summed E-state index contributed by atoms with van der Waals surface area (Å²) in [5, 5.41) is 14.0. The molecule has 0 aliphatic carbocycles. The molecule has 0 aliphatic rings. The molecule has 70 heavy (non-hydrogen) atoms. The lowest BCUT2D eigenvalue weighted by atomic mass is 10.0. The van der Waals surface area contributed by atoms with Gasteiger partial charge in [0, 0.05) is 6.42 Å². The maximum absolute atomic E-state index is 13.0. The second-order valence-corrected chi connectivity index (χ2v) is 22.1. The number of aliphatic hydroxyl groups is 1. The van der Waals surface area contributed by atoms with Crippen LogP contribution in [0.1, 0.15) is 245 Å². The number of rotatable bonds is 52. The van der Waals surface area contributed by atoms with Crippen molar-refractivity contribution in [2.75, 3.05) is 40.9 Å². The standard InChI is InChI=1S/C61H111N2O6P/c1-6-8-10-12-14-16-18-20-22-23-24-25-26-27-28-29-30-31-32-33-34-35-36-37-38-39-41-43-45-47-49-51-53-55-61(65)62-59(58-69-70(66,67)68-57-56-63(3,4)5)60(64)54-52-50-48-46-44-42-40-21-19-17-15-13-11-9-7-2/h8,10,14,16,20,22,24-25,27-28,30-31,33-34,59-60,64H,6-7,9,11-13,15,17-19,21,23,26,29,32,35-58H2,1-5H3,(H-,62,65,66,67)/p+1/b10-8-,16-14-,22-20-,25-24-,28-27-,31-30-,34-33-. The predicted octanol–water partition coefficient (Wildman–Crippen LogP) is 17.6. The van der Waals surface area contributed by atoms with Crippen molar-refractivity contribution >= 4 is 13.7 Å². The van der Waals surface area contributed by atoms with Crippen LogP contribution in [-0.2, 0) is 18.4 Å². The Morgan fingerprint density at radius 3 is 1.26 bits per heavy atom. The van der Waals surface area contributed by atoms with Crippen molar-refractivity contribution < 1.29 is 32.9 Å².